The molecule has 1 aromatic heterocycles. The standard InChI is InChI=1S/C21H25FN4O2S/c1-2-25-18-10-11-26(17(18)8-5-9-19(25)27)20(28)12-14-13-29-21(23-14)24-16-7-4-3-6-15(16)22/h3-4,6-7,13,17-18H,2,5,8-12H2,1H3,(H,23,24)/t17-,18-/m1/s1. The SMILES string of the molecule is CCN1C(=O)CCC[C@@H]2[C@H]1CCN2C(=O)Cc1csc(Nc2ccccc2F)n1. The number of carbonyl (C=O) groups excluding carboxylic acids is 2. The average molecular weight is 417 g/mol. The van der Waals surface area contributed by atoms with Gasteiger partial charge in [-0.25, -0.2) is 9.37 Å². The summed E-state index contributed by atoms with van der Waals surface area (Å²) in [5, 5.41) is 5.37. The molecule has 2 aliphatic rings. The number of aromatic nitrogens is 1. The fraction of sp³-hybridized carbons (Fsp3) is 0.476. The number of nitrogens with zero attached hydrogens (tertiary/aromatic N) is 3. The highest BCUT2D eigenvalue weighted by molar-refractivity contribution is 7.13. The van der Waals surface area contributed by atoms with Crippen LogP contribution in [0.1, 0.15) is 38.3 Å². The van der Waals surface area contributed by atoms with Crippen LogP contribution in [-0.4, -0.2) is 51.8 Å². The van der Waals surface area contributed by atoms with Gasteiger partial charge in [-0.1, -0.05) is 12.1 Å². The van der Waals surface area contributed by atoms with Crippen LogP contribution in [-0.2, 0) is 16.0 Å². The van der Waals surface area contributed by atoms with E-state index in [1.165, 1.54) is 17.4 Å². The van der Waals surface area contributed by atoms with E-state index >= 15 is 0 Å². The van der Waals surface area contributed by atoms with Gasteiger partial charge in [-0.3, -0.25) is 9.59 Å². The Morgan fingerprint density at radius 1 is 1.31 bits per heavy atom. The Hall–Kier alpha value is -2.48. The number of thiazole rings is 1. The molecule has 4 rings (SSSR count). The molecule has 2 saturated heterocycles. The van der Waals surface area contributed by atoms with Crippen LogP contribution in [0.4, 0.5) is 15.2 Å². The highest BCUT2D eigenvalue weighted by Crippen LogP contribution is 2.31. The van der Waals surface area contributed by atoms with Gasteiger partial charge in [0.15, 0.2) is 5.13 Å². The van der Waals surface area contributed by atoms with Crippen molar-refractivity contribution in [1.82, 2.24) is 14.8 Å². The molecule has 2 aliphatic heterocycles. The molecule has 1 aromatic carbocycles. The maximum absolute atomic E-state index is 13.8. The molecule has 3 heterocycles. The highest BCUT2D eigenvalue weighted by Gasteiger charge is 2.42. The molecule has 8 heteroatoms. The Bertz CT molecular complexity index is 902. The number of para-hydroxylation sites is 1. The van der Waals surface area contributed by atoms with Gasteiger partial charge in [0.05, 0.1) is 29.9 Å². The van der Waals surface area contributed by atoms with Crippen LogP contribution in [0.5, 0.6) is 0 Å². The lowest BCUT2D eigenvalue weighted by Crippen LogP contribution is -2.47. The predicted molar refractivity (Wildman–Crippen MR) is 111 cm³/mol. The third-order valence-electron chi connectivity index (χ3n) is 5.78. The van der Waals surface area contributed by atoms with Gasteiger partial charge in [-0.05, 0) is 38.3 Å². The number of halogens is 1. The highest BCUT2D eigenvalue weighted by atomic mass is 32.1. The van der Waals surface area contributed by atoms with Crippen molar-refractivity contribution in [3.8, 4) is 0 Å². The van der Waals surface area contributed by atoms with Gasteiger partial charge in [0.2, 0.25) is 11.8 Å². The third-order valence-corrected chi connectivity index (χ3v) is 6.59. The van der Waals surface area contributed by atoms with Crippen LogP contribution in [0.3, 0.4) is 0 Å². The zero-order valence-corrected chi connectivity index (χ0v) is 17.3. The zero-order valence-electron chi connectivity index (χ0n) is 16.4. The van der Waals surface area contributed by atoms with Crippen molar-refractivity contribution in [1.29, 1.82) is 0 Å². The molecule has 2 amide bonds. The number of hydrogen-bond donors (Lipinski definition) is 1. The minimum absolute atomic E-state index is 0.0469. The molecule has 0 unspecified atom stereocenters. The second kappa shape index (κ2) is 8.49. The fourth-order valence-electron chi connectivity index (χ4n) is 4.44. The lowest BCUT2D eigenvalue weighted by molar-refractivity contribution is -0.135. The molecule has 29 heavy (non-hydrogen) atoms. The summed E-state index contributed by atoms with van der Waals surface area (Å²) in [6.07, 6.45) is 3.33. The summed E-state index contributed by atoms with van der Waals surface area (Å²) in [5.41, 5.74) is 1.05. The topological polar surface area (TPSA) is 65.5 Å². The molecular weight excluding hydrogens is 391 g/mol. The Kier molecular flexibility index (Phi) is 5.80. The number of nitrogens with one attached hydrogen (secondary N) is 1. The maximum Gasteiger partial charge on any atom is 0.228 e. The quantitative estimate of drug-likeness (QED) is 0.809. The maximum atomic E-state index is 13.8. The van der Waals surface area contributed by atoms with Crippen molar-refractivity contribution < 1.29 is 14.0 Å². The largest absolute Gasteiger partial charge is 0.338 e. The zero-order chi connectivity index (χ0) is 20.4. The van der Waals surface area contributed by atoms with Crippen LogP contribution in [0.15, 0.2) is 29.6 Å². The molecule has 6 nitrogen and oxygen atoms in total. The first kappa shape index (κ1) is 19.8. The van der Waals surface area contributed by atoms with E-state index in [1.54, 1.807) is 18.2 Å². The van der Waals surface area contributed by atoms with E-state index in [4.69, 9.17) is 0 Å². The minimum atomic E-state index is -0.341. The van der Waals surface area contributed by atoms with Crippen molar-refractivity contribution in [2.45, 2.75) is 51.1 Å². The second-order valence-corrected chi connectivity index (χ2v) is 8.37. The van der Waals surface area contributed by atoms with Crippen molar-refractivity contribution in [3.63, 3.8) is 0 Å². The molecule has 2 atom stereocenters. The van der Waals surface area contributed by atoms with Crippen LogP contribution in [0, 0.1) is 5.82 Å². The number of benzene rings is 1. The summed E-state index contributed by atoms with van der Waals surface area (Å²) in [4.78, 5) is 33.6. The summed E-state index contributed by atoms with van der Waals surface area (Å²) >= 11 is 1.36. The fourth-order valence-corrected chi connectivity index (χ4v) is 5.16. The van der Waals surface area contributed by atoms with E-state index < -0.39 is 0 Å². The van der Waals surface area contributed by atoms with Gasteiger partial charge in [0, 0.05) is 24.9 Å². The van der Waals surface area contributed by atoms with Gasteiger partial charge < -0.3 is 15.1 Å². The molecule has 2 aromatic rings. The van der Waals surface area contributed by atoms with Crippen LogP contribution >= 0.6 is 11.3 Å². The predicted octanol–water partition coefficient (Wildman–Crippen LogP) is 3.57. The Labute approximate surface area is 173 Å². The summed E-state index contributed by atoms with van der Waals surface area (Å²) in [6, 6.07) is 6.66. The molecular formula is C21H25FN4O2S. The summed E-state index contributed by atoms with van der Waals surface area (Å²) < 4.78 is 13.8. The van der Waals surface area contributed by atoms with Crippen molar-refractivity contribution in [2.75, 3.05) is 18.4 Å². The first-order chi connectivity index (χ1) is 14.1. The van der Waals surface area contributed by atoms with E-state index in [0.29, 0.717) is 36.0 Å². The second-order valence-electron chi connectivity index (χ2n) is 7.51. The van der Waals surface area contributed by atoms with Gasteiger partial charge in [0.1, 0.15) is 5.82 Å². The summed E-state index contributed by atoms with van der Waals surface area (Å²) in [5.74, 6) is -0.0878. The molecule has 0 radical (unpaired) electrons. The summed E-state index contributed by atoms with van der Waals surface area (Å²) in [7, 11) is 0. The molecule has 1 N–H and O–H groups in total. The Balaban J connectivity index is 1.42. The van der Waals surface area contributed by atoms with Crippen molar-refractivity contribution in [2.24, 2.45) is 0 Å². The first-order valence-electron chi connectivity index (χ1n) is 10.1. The van der Waals surface area contributed by atoms with Crippen LogP contribution < -0.4 is 5.32 Å². The van der Waals surface area contributed by atoms with Gasteiger partial charge in [-0.15, -0.1) is 11.3 Å². The number of fused-ring (bicyclic) bond motifs is 1. The lowest BCUT2D eigenvalue weighted by atomic mass is 10.0. The number of likely N-dealkylation sites (tertiary alicyclic amines) is 2. The van der Waals surface area contributed by atoms with Crippen molar-refractivity contribution >= 4 is 34.0 Å². The molecule has 0 saturated carbocycles. The van der Waals surface area contributed by atoms with E-state index in [2.05, 4.69) is 10.3 Å². The van der Waals surface area contributed by atoms with Crippen LogP contribution in [0.25, 0.3) is 0 Å². The molecule has 0 bridgehead atoms. The molecule has 154 valence electrons. The Morgan fingerprint density at radius 2 is 2.14 bits per heavy atom. The van der Waals surface area contributed by atoms with E-state index in [1.807, 2.05) is 22.1 Å². The number of rotatable bonds is 5. The smallest absolute Gasteiger partial charge is 0.228 e. The monoisotopic (exact) mass is 416 g/mol. The van der Waals surface area contributed by atoms with Gasteiger partial charge >= 0.3 is 0 Å². The van der Waals surface area contributed by atoms with Gasteiger partial charge in [-0.2, -0.15) is 0 Å². The number of anilines is 2. The summed E-state index contributed by atoms with van der Waals surface area (Å²) in [6.45, 7) is 3.38. The van der Waals surface area contributed by atoms with E-state index in [-0.39, 0.29) is 36.1 Å². The molecule has 0 aliphatic carbocycles. The third kappa shape index (κ3) is 4.12. The molecule has 2 fully saturated rings. The molecule has 0 spiro atoms. The lowest BCUT2D eigenvalue weighted by Gasteiger charge is -2.32. The van der Waals surface area contributed by atoms with E-state index in [0.717, 1.165) is 19.3 Å². The minimum Gasteiger partial charge on any atom is -0.338 e. The van der Waals surface area contributed by atoms with E-state index in [9.17, 15) is 14.0 Å². The number of likely N-dealkylation sites (N-methyl/N-ethyl adjacent to an activating group) is 1. The normalized spacial score (nSPS) is 21.8. The van der Waals surface area contributed by atoms with Gasteiger partial charge in [0.25, 0.3) is 0 Å². The number of hydrogen-bond acceptors (Lipinski definition) is 5. The van der Waals surface area contributed by atoms with Crippen LogP contribution in [0.2, 0.25) is 0 Å². The number of amides is 2. The first-order valence-corrected chi connectivity index (χ1v) is 11.0. The number of carbonyl (C=O) groups is 2. The average Bonchev–Trinajstić information content (AvgIpc) is 3.28. The van der Waals surface area contributed by atoms with Crippen molar-refractivity contribution in [3.05, 3.63) is 41.2 Å². The Morgan fingerprint density at radius 3 is 2.93 bits per heavy atom.